The SMILES string of the molecule is CCC(O)CCNc1cc(C)ncc1OC. The van der Waals surface area contributed by atoms with Crippen LogP contribution >= 0.6 is 0 Å². The van der Waals surface area contributed by atoms with Gasteiger partial charge in [0.1, 0.15) is 0 Å². The molecule has 0 amide bonds. The lowest BCUT2D eigenvalue weighted by Gasteiger charge is -2.13. The summed E-state index contributed by atoms with van der Waals surface area (Å²) in [5.41, 5.74) is 1.87. The van der Waals surface area contributed by atoms with E-state index in [0.717, 1.165) is 36.5 Å². The Bertz CT molecular complexity index is 329. The summed E-state index contributed by atoms with van der Waals surface area (Å²) < 4.78 is 5.20. The second kappa shape index (κ2) is 6.33. The number of rotatable bonds is 6. The first-order valence-electron chi connectivity index (χ1n) is 5.60. The van der Waals surface area contributed by atoms with E-state index >= 15 is 0 Å². The average molecular weight is 224 g/mol. The molecule has 0 saturated heterocycles. The van der Waals surface area contributed by atoms with E-state index in [1.807, 2.05) is 19.9 Å². The Morgan fingerprint density at radius 1 is 1.56 bits per heavy atom. The van der Waals surface area contributed by atoms with Crippen LogP contribution in [0.15, 0.2) is 12.3 Å². The summed E-state index contributed by atoms with van der Waals surface area (Å²) in [6.07, 6.45) is 2.99. The van der Waals surface area contributed by atoms with Crippen LogP contribution in [0.25, 0.3) is 0 Å². The molecule has 1 atom stereocenters. The fourth-order valence-corrected chi connectivity index (χ4v) is 1.43. The van der Waals surface area contributed by atoms with Gasteiger partial charge in [-0.1, -0.05) is 6.92 Å². The van der Waals surface area contributed by atoms with E-state index < -0.39 is 0 Å². The molecular weight excluding hydrogens is 204 g/mol. The van der Waals surface area contributed by atoms with Crippen LogP contribution in [-0.2, 0) is 0 Å². The van der Waals surface area contributed by atoms with Crippen molar-refractivity contribution >= 4 is 5.69 Å². The van der Waals surface area contributed by atoms with Gasteiger partial charge in [-0.2, -0.15) is 0 Å². The molecule has 1 unspecified atom stereocenters. The van der Waals surface area contributed by atoms with Crippen LogP contribution in [0.3, 0.4) is 0 Å². The van der Waals surface area contributed by atoms with Gasteiger partial charge < -0.3 is 15.2 Å². The monoisotopic (exact) mass is 224 g/mol. The molecule has 90 valence electrons. The lowest BCUT2D eigenvalue weighted by Crippen LogP contribution is -2.12. The van der Waals surface area contributed by atoms with Crippen molar-refractivity contribution in [3.05, 3.63) is 18.0 Å². The Balaban J connectivity index is 2.55. The summed E-state index contributed by atoms with van der Waals surface area (Å²) in [6, 6.07) is 1.94. The fraction of sp³-hybridized carbons (Fsp3) is 0.583. The number of aliphatic hydroxyl groups is 1. The lowest BCUT2D eigenvalue weighted by atomic mass is 10.2. The number of pyridine rings is 1. The van der Waals surface area contributed by atoms with Gasteiger partial charge in [-0.3, -0.25) is 4.98 Å². The number of anilines is 1. The van der Waals surface area contributed by atoms with E-state index in [1.54, 1.807) is 13.3 Å². The predicted molar refractivity (Wildman–Crippen MR) is 64.9 cm³/mol. The number of aryl methyl sites for hydroxylation is 1. The van der Waals surface area contributed by atoms with E-state index in [1.165, 1.54) is 0 Å². The van der Waals surface area contributed by atoms with Crippen molar-refractivity contribution in [2.45, 2.75) is 32.8 Å². The maximum Gasteiger partial charge on any atom is 0.160 e. The molecule has 4 nitrogen and oxygen atoms in total. The van der Waals surface area contributed by atoms with Crippen molar-refractivity contribution in [3.8, 4) is 5.75 Å². The second-order valence-electron chi connectivity index (χ2n) is 3.80. The quantitative estimate of drug-likeness (QED) is 0.775. The van der Waals surface area contributed by atoms with E-state index in [0.29, 0.717) is 0 Å². The second-order valence-corrected chi connectivity index (χ2v) is 3.80. The normalized spacial score (nSPS) is 12.2. The first-order chi connectivity index (χ1) is 7.67. The van der Waals surface area contributed by atoms with Crippen LogP contribution in [0.1, 0.15) is 25.5 Å². The summed E-state index contributed by atoms with van der Waals surface area (Å²) in [7, 11) is 1.62. The summed E-state index contributed by atoms with van der Waals surface area (Å²) in [5, 5.41) is 12.7. The van der Waals surface area contributed by atoms with Crippen LogP contribution < -0.4 is 10.1 Å². The number of aliphatic hydroxyl groups excluding tert-OH is 1. The molecule has 1 heterocycles. The van der Waals surface area contributed by atoms with E-state index in [2.05, 4.69) is 10.3 Å². The first kappa shape index (κ1) is 12.8. The van der Waals surface area contributed by atoms with Gasteiger partial charge in [-0.25, -0.2) is 0 Å². The van der Waals surface area contributed by atoms with E-state index in [9.17, 15) is 5.11 Å². The maximum atomic E-state index is 9.43. The van der Waals surface area contributed by atoms with Crippen LogP contribution in [-0.4, -0.2) is 29.8 Å². The molecule has 0 radical (unpaired) electrons. The molecule has 16 heavy (non-hydrogen) atoms. The van der Waals surface area contributed by atoms with Crippen LogP contribution in [0.5, 0.6) is 5.75 Å². The Hall–Kier alpha value is -1.29. The third-order valence-corrected chi connectivity index (χ3v) is 2.49. The zero-order valence-electron chi connectivity index (χ0n) is 10.2. The number of ether oxygens (including phenoxy) is 1. The molecule has 0 fully saturated rings. The summed E-state index contributed by atoms with van der Waals surface area (Å²) >= 11 is 0. The van der Waals surface area contributed by atoms with Gasteiger partial charge in [-0.15, -0.1) is 0 Å². The van der Waals surface area contributed by atoms with Crippen molar-refractivity contribution in [3.63, 3.8) is 0 Å². The fourth-order valence-electron chi connectivity index (χ4n) is 1.43. The minimum absolute atomic E-state index is 0.235. The van der Waals surface area contributed by atoms with Gasteiger partial charge >= 0.3 is 0 Å². The molecule has 0 bridgehead atoms. The summed E-state index contributed by atoms with van der Waals surface area (Å²) in [6.45, 7) is 4.64. The number of aromatic nitrogens is 1. The van der Waals surface area contributed by atoms with Crippen LogP contribution in [0.4, 0.5) is 5.69 Å². The number of nitrogens with one attached hydrogen (secondary N) is 1. The highest BCUT2D eigenvalue weighted by Crippen LogP contribution is 2.23. The minimum Gasteiger partial charge on any atom is -0.493 e. The van der Waals surface area contributed by atoms with Gasteiger partial charge in [0.05, 0.1) is 25.1 Å². The standard InChI is InChI=1S/C12H20N2O2/c1-4-10(15)5-6-13-11-7-9(2)14-8-12(11)16-3/h7-8,10,15H,4-6H2,1-3H3,(H,13,14). The predicted octanol–water partition coefficient (Wildman–Crippen LogP) is 1.97. The summed E-state index contributed by atoms with van der Waals surface area (Å²) in [5.74, 6) is 0.733. The molecule has 1 aromatic heterocycles. The molecule has 0 aromatic carbocycles. The smallest absolute Gasteiger partial charge is 0.160 e. The molecule has 2 N–H and O–H groups in total. The van der Waals surface area contributed by atoms with Gasteiger partial charge in [-0.05, 0) is 25.8 Å². The van der Waals surface area contributed by atoms with Gasteiger partial charge in [0, 0.05) is 12.2 Å². The van der Waals surface area contributed by atoms with Crippen LogP contribution in [0, 0.1) is 6.92 Å². The number of hydrogen-bond acceptors (Lipinski definition) is 4. The molecule has 0 aliphatic rings. The van der Waals surface area contributed by atoms with Crippen molar-refractivity contribution in [2.24, 2.45) is 0 Å². The highest BCUT2D eigenvalue weighted by molar-refractivity contribution is 5.55. The van der Waals surface area contributed by atoms with Crippen LogP contribution in [0.2, 0.25) is 0 Å². The van der Waals surface area contributed by atoms with Crippen molar-refractivity contribution in [2.75, 3.05) is 19.0 Å². The third-order valence-electron chi connectivity index (χ3n) is 2.49. The number of hydrogen-bond donors (Lipinski definition) is 2. The number of nitrogens with zero attached hydrogens (tertiary/aromatic N) is 1. The van der Waals surface area contributed by atoms with Crippen molar-refractivity contribution in [1.29, 1.82) is 0 Å². The van der Waals surface area contributed by atoms with Crippen molar-refractivity contribution < 1.29 is 9.84 Å². The van der Waals surface area contributed by atoms with Gasteiger partial charge in [0.2, 0.25) is 0 Å². The Morgan fingerprint density at radius 3 is 2.94 bits per heavy atom. The topological polar surface area (TPSA) is 54.4 Å². The molecule has 1 aromatic rings. The molecule has 0 aliphatic carbocycles. The lowest BCUT2D eigenvalue weighted by molar-refractivity contribution is 0.164. The molecule has 4 heteroatoms. The largest absolute Gasteiger partial charge is 0.493 e. The Morgan fingerprint density at radius 2 is 2.31 bits per heavy atom. The van der Waals surface area contributed by atoms with E-state index in [-0.39, 0.29) is 6.10 Å². The van der Waals surface area contributed by atoms with Crippen molar-refractivity contribution in [1.82, 2.24) is 4.98 Å². The minimum atomic E-state index is -0.235. The molecule has 0 spiro atoms. The maximum absolute atomic E-state index is 9.43. The first-order valence-corrected chi connectivity index (χ1v) is 5.60. The summed E-state index contributed by atoms with van der Waals surface area (Å²) in [4.78, 5) is 4.16. The highest BCUT2D eigenvalue weighted by atomic mass is 16.5. The number of methoxy groups -OCH3 is 1. The molecular formula is C12H20N2O2. The van der Waals surface area contributed by atoms with Gasteiger partial charge in [0.25, 0.3) is 0 Å². The van der Waals surface area contributed by atoms with E-state index in [4.69, 9.17) is 4.74 Å². The van der Waals surface area contributed by atoms with Gasteiger partial charge in [0.15, 0.2) is 5.75 Å². The molecule has 0 saturated carbocycles. The Kier molecular flexibility index (Phi) is 5.05. The zero-order chi connectivity index (χ0) is 12.0. The molecule has 0 aliphatic heterocycles. The average Bonchev–Trinajstić information content (AvgIpc) is 2.29. The highest BCUT2D eigenvalue weighted by Gasteiger charge is 2.05. The third kappa shape index (κ3) is 3.70. The zero-order valence-corrected chi connectivity index (χ0v) is 10.2. The molecule has 1 rings (SSSR count). The Labute approximate surface area is 96.7 Å².